The molecule has 0 bridgehead atoms. The third-order valence-electron chi connectivity index (χ3n) is 10.7. The van der Waals surface area contributed by atoms with E-state index in [1.54, 1.807) is 24.3 Å². The van der Waals surface area contributed by atoms with Gasteiger partial charge in [-0.1, -0.05) is 194 Å². The van der Waals surface area contributed by atoms with Gasteiger partial charge in [0.05, 0.1) is 19.1 Å². The minimum absolute atomic E-state index is 0.104. The highest BCUT2D eigenvalue weighted by Crippen LogP contribution is 2.56. The Morgan fingerprint density at radius 1 is 0.321 bits per heavy atom. The molecule has 1 aliphatic rings. The first kappa shape index (κ1) is 24.2. The van der Waals surface area contributed by atoms with Gasteiger partial charge in [-0.15, -0.1) is 0 Å². The van der Waals surface area contributed by atoms with Crippen LogP contribution in [0.2, 0.25) is 0 Å². The van der Waals surface area contributed by atoms with E-state index in [4.69, 9.17) is 13.7 Å². The van der Waals surface area contributed by atoms with E-state index in [0.717, 1.165) is 16.8 Å². The van der Waals surface area contributed by atoms with Crippen LogP contribution in [0.5, 0.6) is 0 Å². The normalized spacial score (nSPS) is 14.9. The molecule has 0 fully saturated rings. The molecule has 0 N–H and O–H groups in total. The molecule has 1 nitrogen and oxygen atoms in total. The molecule has 264 valence electrons. The fraction of sp³-hybridized carbons (Fsp3) is 0.0182. The summed E-state index contributed by atoms with van der Waals surface area (Å²) in [6.07, 6.45) is 0. The van der Waals surface area contributed by atoms with Crippen molar-refractivity contribution < 1.29 is 13.7 Å². The topological polar surface area (TPSA) is 3.24 Å². The molecule has 0 aromatic heterocycles. The largest absolute Gasteiger partial charge is 0.311 e. The van der Waals surface area contributed by atoms with Crippen LogP contribution in [0.15, 0.2) is 236 Å². The van der Waals surface area contributed by atoms with Gasteiger partial charge < -0.3 is 4.90 Å². The van der Waals surface area contributed by atoms with Gasteiger partial charge in [0.1, 0.15) is 0 Å². The molecule has 0 aliphatic heterocycles. The summed E-state index contributed by atoms with van der Waals surface area (Å²) in [5.74, 6) is 0. The van der Waals surface area contributed by atoms with Gasteiger partial charge in [-0.2, -0.15) is 0 Å². The summed E-state index contributed by atoms with van der Waals surface area (Å²) < 4.78 is 83.4. The molecule has 1 aliphatic carbocycles. The number of benzene rings is 9. The van der Waals surface area contributed by atoms with Crippen LogP contribution < -0.4 is 4.90 Å². The average molecular weight is 724 g/mol. The fourth-order valence-corrected chi connectivity index (χ4v) is 8.22. The molecule has 0 saturated heterocycles. The van der Waals surface area contributed by atoms with Crippen LogP contribution >= 0.6 is 0 Å². The lowest BCUT2D eigenvalue weighted by Gasteiger charge is -2.34. The summed E-state index contributed by atoms with van der Waals surface area (Å²) >= 11 is 0. The van der Waals surface area contributed by atoms with Crippen LogP contribution in [0.1, 0.15) is 36.0 Å². The second-order valence-corrected chi connectivity index (χ2v) is 13.8. The Morgan fingerprint density at radius 2 is 0.714 bits per heavy atom. The van der Waals surface area contributed by atoms with Gasteiger partial charge in [-0.25, -0.2) is 0 Å². The minimum Gasteiger partial charge on any atom is -0.311 e. The molecule has 9 aromatic rings. The van der Waals surface area contributed by atoms with E-state index in [1.807, 2.05) is 41.3 Å². The molecule has 0 spiro atoms. The number of nitrogens with zero attached hydrogens (tertiary/aromatic N) is 1. The molecule has 0 unspecified atom stereocenters. The third kappa shape index (κ3) is 5.73. The summed E-state index contributed by atoms with van der Waals surface area (Å²) in [4.78, 5) is 2.01. The van der Waals surface area contributed by atoms with Crippen molar-refractivity contribution in [1.29, 1.82) is 0 Å². The monoisotopic (exact) mass is 723 g/mol. The van der Waals surface area contributed by atoms with E-state index in [0.29, 0.717) is 22.5 Å². The molecule has 1 heteroatoms. The standard InChI is InChI=1S/C55H39N/c1-5-15-40(16-6-1)42-25-32-48(33-26-42)56(49-34-27-43(28-35-49)41-17-7-2-8-18-41)50-36-29-44(30-37-50)45-31-38-52-51-23-13-14-24-53(51)55(54(52)39-45,46-19-9-3-10-20-46)47-21-11-4-12-22-47/h1-39H/i1D,2D,5D,6D,7D,8D,15D,16D,17D,18D. The Morgan fingerprint density at radius 3 is 1.20 bits per heavy atom. The van der Waals surface area contributed by atoms with Crippen molar-refractivity contribution >= 4 is 17.1 Å². The maximum Gasteiger partial charge on any atom is 0.0713 e. The van der Waals surface area contributed by atoms with Crippen molar-refractivity contribution in [3.8, 4) is 44.5 Å². The summed E-state index contributed by atoms with van der Waals surface area (Å²) in [5, 5.41) is 0. The zero-order valence-corrected chi connectivity index (χ0v) is 30.2. The minimum atomic E-state index is -0.552. The van der Waals surface area contributed by atoms with E-state index in [1.165, 1.54) is 33.4 Å². The van der Waals surface area contributed by atoms with Crippen LogP contribution in [-0.2, 0) is 5.41 Å². The van der Waals surface area contributed by atoms with Gasteiger partial charge in [0.2, 0.25) is 0 Å². The van der Waals surface area contributed by atoms with E-state index < -0.39 is 41.7 Å². The molecule has 56 heavy (non-hydrogen) atoms. The molecule has 0 saturated carbocycles. The predicted molar refractivity (Wildman–Crippen MR) is 235 cm³/mol. The van der Waals surface area contributed by atoms with E-state index in [-0.39, 0.29) is 35.3 Å². The predicted octanol–water partition coefficient (Wildman–Crippen LogP) is 14.5. The van der Waals surface area contributed by atoms with Crippen LogP contribution in [-0.4, -0.2) is 0 Å². The van der Waals surface area contributed by atoms with E-state index in [2.05, 4.69) is 115 Å². The SMILES string of the molecule is [2H]c1c([2H])c([2H])c(-c2ccc(N(c3ccc(-c4ccc5c(c4)C(c4ccccc4)(c4ccccc4)c4ccccc4-5)cc3)c3ccc(-c4c([2H])c([2H])c([2H])c([2H])c4[2H])cc3)cc2)c([2H])c1[2H]. The maximum atomic E-state index is 8.57. The quantitative estimate of drug-likeness (QED) is 0.151. The van der Waals surface area contributed by atoms with Gasteiger partial charge in [-0.05, 0) is 109 Å². The first-order valence-electron chi connectivity index (χ1n) is 23.5. The molecular formula is C55H39N. The van der Waals surface area contributed by atoms with Gasteiger partial charge in [0.15, 0.2) is 0 Å². The highest BCUT2D eigenvalue weighted by molar-refractivity contribution is 5.89. The number of anilines is 3. The summed E-state index contributed by atoms with van der Waals surface area (Å²) in [6.45, 7) is 0. The molecule has 10 rings (SSSR count). The first-order chi connectivity index (χ1) is 31.9. The van der Waals surface area contributed by atoms with Gasteiger partial charge >= 0.3 is 0 Å². The van der Waals surface area contributed by atoms with Crippen LogP contribution in [0, 0.1) is 0 Å². The summed E-state index contributed by atoms with van der Waals surface area (Å²) in [5.41, 5.74) is 12.0. The number of hydrogen-bond acceptors (Lipinski definition) is 1. The van der Waals surface area contributed by atoms with Crippen molar-refractivity contribution in [2.45, 2.75) is 5.41 Å². The lowest BCUT2D eigenvalue weighted by atomic mass is 9.67. The Labute approximate surface area is 343 Å². The van der Waals surface area contributed by atoms with Crippen molar-refractivity contribution in [3.63, 3.8) is 0 Å². The van der Waals surface area contributed by atoms with E-state index in [9.17, 15) is 0 Å². The first-order valence-corrected chi connectivity index (χ1v) is 18.5. The van der Waals surface area contributed by atoms with E-state index >= 15 is 0 Å². The van der Waals surface area contributed by atoms with Gasteiger partial charge in [0, 0.05) is 17.1 Å². The molecule has 0 atom stereocenters. The van der Waals surface area contributed by atoms with Gasteiger partial charge in [0.25, 0.3) is 0 Å². The molecule has 9 aromatic carbocycles. The third-order valence-corrected chi connectivity index (χ3v) is 10.7. The van der Waals surface area contributed by atoms with Gasteiger partial charge in [-0.3, -0.25) is 0 Å². The van der Waals surface area contributed by atoms with Crippen molar-refractivity contribution in [3.05, 3.63) is 259 Å². The lowest BCUT2D eigenvalue weighted by molar-refractivity contribution is 0.769. The Bertz CT molecular complexity index is 3130. The molecule has 0 amide bonds. The molecular weight excluding hydrogens is 675 g/mol. The zero-order valence-electron chi connectivity index (χ0n) is 40.2. The summed E-state index contributed by atoms with van der Waals surface area (Å²) in [6, 6.07) is 55.5. The number of fused-ring (bicyclic) bond motifs is 3. The molecule has 0 heterocycles. The smallest absolute Gasteiger partial charge is 0.0713 e. The van der Waals surface area contributed by atoms with Crippen molar-refractivity contribution in [1.82, 2.24) is 0 Å². The van der Waals surface area contributed by atoms with Crippen LogP contribution in [0.4, 0.5) is 17.1 Å². The fourth-order valence-electron chi connectivity index (χ4n) is 8.22. The highest BCUT2D eigenvalue weighted by Gasteiger charge is 2.46. The van der Waals surface area contributed by atoms with Crippen molar-refractivity contribution in [2.75, 3.05) is 4.90 Å². The second-order valence-electron chi connectivity index (χ2n) is 13.8. The second kappa shape index (κ2) is 14.2. The maximum absolute atomic E-state index is 8.57. The van der Waals surface area contributed by atoms with Crippen LogP contribution in [0.3, 0.4) is 0 Å². The van der Waals surface area contributed by atoms with Crippen LogP contribution in [0.25, 0.3) is 44.5 Å². The Kier molecular flexibility index (Phi) is 6.15. The molecule has 0 radical (unpaired) electrons. The highest BCUT2D eigenvalue weighted by atomic mass is 15.1. The Hall–Kier alpha value is -7.22. The van der Waals surface area contributed by atoms with Crippen molar-refractivity contribution in [2.24, 2.45) is 0 Å². The number of hydrogen-bond donors (Lipinski definition) is 0. The number of rotatable bonds is 8. The average Bonchev–Trinajstić information content (AvgIpc) is 3.66. The Balaban J connectivity index is 1.09. The summed E-state index contributed by atoms with van der Waals surface area (Å²) in [7, 11) is 0. The lowest BCUT2D eigenvalue weighted by Crippen LogP contribution is -2.28. The zero-order chi connectivity index (χ0) is 46.0.